The molecule has 0 aliphatic heterocycles. The fourth-order valence-electron chi connectivity index (χ4n) is 1.98. The number of amides is 1. The Hall–Kier alpha value is -0.920. The number of benzene rings is 1. The van der Waals surface area contributed by atoms with E-state index in [1.54, 1.807) is 4.90 Å². The molecule has 0 radical (unpaired) electrons. The van der Waals surface area contributed by atoms with Gasteiger partial charge in [-0.15, -0.1) is 0 Å². The summed E-state index contributed by atoms with van der Waals surface area (Å²) >= 11 is 3.42. The van der Waals surface area contributed by atoms with Gasteiger partial charge in [0.25, 0.3) is 0 Å². The summed E-state index contributed by atoms with van der Waals surface area (Å²) in [7, 11) is -3.26. The highest BCUT2D eigenvalue weighted by molar-refractivity contribution is 9.10. The van der Waals surface area contributed by atoms with E-state index in [2.05, 4.69) is 20.7 Å². The number of carbonyl (C=O) groups is 1. The van der Waals surface area contributed by atoms with Crippen LogP contribution in [0.1, 0.15) is 32.3 Å². The second-order valence-corrected chi connectivity index (χ2v) is 7.95. The first kappa shape index (κ1) is 19.1. The quantitative estimate of drug-likeness (QED) is 0.741. The summed E-state index contributed by atoms with van der Waals surface area (Å²) in [5, 5.41) is 0. The second kappa shape index (κ2) is 8.64. The highest BCUT2D eigenvalue weighted by Crippen LogP contribution is 2.22. The molecular formula is C15H23BrN2O3S. The standard InChI is InChI=1S/C15H23BrN2O3S/c1-4-5-10-22(20,21)17-8-9-18(13(3)19)14-6-7-15(16)12(2)11-14/h6-7,11,17H,4-5,8-10H2,1-3H3. The molecule has 1 rings (SSSR count). The minimum absolute atomic E-state index is 0.116. The first-order valence-electron chi connectivity index (χ1n) is 7.28. The maximum Gasteiger partial charge on any atom is 0.223 e. The largest absolute Gasteiger partial charge is 0.311 e. The van der Waals surface area contributed by atoms with E-state index in [-0.39, 0.29) is 18.2 Å². The van der Waals surface area contributed by atoms with Crippen molar-refractivity contribution in [1.29, 1.82) is 0 Å². The Morgan fingerprint density at radius 2 is 2.05 bits per heavy atom. The van der Waals surface area contributed by atoms with Crippen molar-refractivity contribution in [2.24, 2.45) is 0 Å². The molecule has 22 heavy (non-hydrogen) atoms. The monoisotopic (exact) mass is 390 g/mol. The van der Waals surface area contributed by atoms with Crippen LogP contribution in [0.5, 0.6) is 0 Å². The van der Waals surface area contributed by atoms with Crippen LogP contribution in [0.15, 0.2) is 22.7 Å². The SMILES string of the molecule is CCCCS(=O)(=O)NCCN(C(C)=O)c1ccc(Br)c(C)c1. The molecule has 0 fully saturated rings. The molecule has 0 saturated heterocycles. The van der Waals surface area contributed by atoms with E-state index in [4.69, 9.17) is 0 Å². The molecule has 7 heteroatoms. The van der Waals surface area contributed by atoms with Crippen molar-refractivity contribution in [2.75, 3.05) is 23.7 Å². The zero-order valence-electron chi connectivity index (χ0n) is 13.2. The van der Waals surface area contributed by atoms with E-state index in [1.807, 2.05) is 32.0 Å². The summed E-state index contributed by atoms with van der Waals surface area (Å²) in [5.41, 5.74) is 1.79. The number of hydrogen-bond acceptors (Lipinski definition) is 3. The molecule has 5 nitrogen and oxygen atoms in total. The molecule has 0 saturated carbocycles. The summed E-state index contributed by atoms with van der Waals surface area (Å²) in [4.78, 5) is 13.4. The lowest BCUT2D eigenvalue weighted by atomic mass is 10.2. The van der Waals surface area contributed by atoms with Crippen LogP contribution in [-0.2, 0) is 14.8 Å². The van der Waals surface area contributed by atoms with Crippen molar-refractivity contribution in [3.8, 4) is 0 Å². The lowest BCUT2D eigenvalue weighted by Gasteiger charge is -2.22. The van der Waals surface area contributed by atoms with Crippen LogP contribution < -0.4 is 9.62 Å². The average molecular weight is 391 g/mol. The number of halogens is 1. The normalized spacial score (nSPS) is 11.5. The van der Waals surface area contributed by atoms with Gasteiger partial charge in [-0.3, -0.25) is 4.79 Å². The molecule has 1 N–H and O–H groups in total. The highest BCUT2D eigenvalue weighted by Gasteiger charge is 2.14. The number of nitrogens with one attached hydrogen (secondary N) is 1. The Balaban J connectivity index is 2.70. The number of nitrogens with zero attached hydrogens (tertiary/aromatic N) is 1. The van der Waals surface area contributed by atoms with Crippen LogP contribution in [0.25, 0.3) is 0 Å². The number of sulfonamides is 1. The summed E-state index contributed by atoms with van der Waals surface area (Å²) in [5.74, 6) is 0.00973. The predicted octanol–water partition coefficient (Wildman–Crippen LogP) is 2.83. The number of hydrogen-bond donors (Lipinski definition) is 1. The van der Waals surface area contributed by atoms with E-state index < -0.39 is 10.0 Å². The zero-order chi connectivity index (χ0) is 16.8. The molecule has 0 atom stereocenters. The van der Waals surface area contributed by atoms with E-state index in [0.29, 0.717) is 13.0 Å². The second-order valence-electron chi connectivity index (χ2n) is 5.17. The van der Waals surface area contributed by atoms with Crippen LogP contribution in [0, 0.1) is 6.92 Å². The number of aryl methyl sites for hydroxylation is 1. The maximum absolute atomic E-state index is 11.8. The molecular weight excluding hydrogens is 368 g/mol. The fourth-order valence-corrected chi connectivity index (χ4v) is 3.45. The summed E-state index contributed by atoms with van der Waals surface area (Å²) in [6.45, 7) is 5.88. The van der Waals surface area contributed by atoms with Gasteiger partial charge in [0.05, 0.1) is 5.75 Å². The molecule has 0 aromatic heterocycles. The molecule has 0 unspecified atom stereocenters. The van der Waals surface area contributed by atoms with E-state index in [0.717, 1.165) is 22.1 Å². The van der Waals surface area contributed by atoms with Crippen molar-refractivity contribution in [3.05, 3.63) is 28.2 Å². The summed E-state index contributed by atoms with van der Waals surface area (Å²) in [6, 6.07) is 5.62. The fraction of sp³-hybridized carbons (Fsp3) is 0.533. The molecule has 0 spiro atoms. The molecule has 124 valence electrons. The lowest BCUT2D eigenvalue weighted by molar-refractivity contribution is -0.116. The van der Waals surface area contributed by atoms with Gasteiger partial charge in [0, 0.05) is 30.2 Å². The minimum atomic E-state index is -3.26. The first-order chi connectivity index (χ1) is 10.3. The molecule has 0 bridgehead atoms. The Kier molecular flexibility index (Phi) is 7.52. The van der Waals surface area contributed by atoms with Gasteiger partial charge >= 0.3 is 0 Å². The zero-order valence-corrected chi connectivity index (χ0v) is 15.6. The molecule has 0 aliphatic carbocycles. The highest BCUT2D eigenvalue weighted by atomic mass is 79.9. The van der Waals surface area contributed by atoms with E-state index in [9.17, 15) is 13.2 Å². The number of anilines is 1. The van der Waals surface area contributed by atoms with Gasteiger partial charge in [-0.25, -0.2) is 13.1 Å². The molecule has 1 aromatic carbocycles. The van der Waals surface area contributed by atoms with E-state index in [1.165, 1.54) is 6.92 Å². The number of rotatable bonds is 8. The first-order valence-corrected chi connectivity index (χ1v) is 9.73. The van der Waals surface area contributed by atoms with Crippen molar-refractivity contribution in [2.45, 2.75) is 33.6 Å². The Labute approximate surface area is 141 Å². The van der Waals surface area contributed by atoms with Gasteiger partial charge in [0.2, 0.25) is 15.9 Å². The van der Waals surface area contributed by atoms with Crippen LogP contribution in [0.4, 0.5) is 5.69 Å². The lowest BCUT2D eigenvalue weighted by Crippen LogP contribution is -2.38. The van der Waals surface area contributed by atoms with Gasteiger partial charge in [0.1, 0.15) is 0 Å². The van der Waals surface area contributed by atoms with Gasteiger partial charge in [-0.05, 0) is 37.1 Å². The van der Waals surface area contributed by atoms with Crippen molar-refractivity contribution in [1.82, 2.24) is 4.72 Å². The van der Waals surface area contributed by atoms with Gasteiger partial charge in [0.15, 0.2) is 0 Å². The van der Waals surface area contributed by atoms with Gasteiger partial charge < -0.3 is 4.90 Å². The van der Waals surface area contributed by atoms with Crippen molar-refractivity contribution in [3.63, 3.8) is 0 Å². The summed E-state index contributed by atoms with van der Waals surface area (Å²) in [6.07, 6.45) is 1.47. The van der Waals surface area contributed by atoms with Crippen molar-refractivity contribution < 1.29 is 13.2 Å². The van der Waals surface area contributed by atoms with E-state index >= 15 is 0 Å². The van der Waals surface area contributed by atoms with Crippen LogP contribution in [0.3, 0.4) is 0 Å². The van der Waals surface area contributed by atoms with Crippen LogP contribution in [-0.4, -0.2) is 33.2 Å². The number of carbonyl (C=O) groups excluding carboxylic acids is 1. The van der Waals surface area contributed by atoms with Crippen LogP contribution in [0.2, 0.25) is 0 Å². The average Bonchev–Trinajstić information content (AvgIpc) is 2.44. The molecule has 0 heterocycles. The number of unbranched alkanes of at least 4 members (excludes halogenated alkanes) is 1. The predicted molar refractivity (Wildman–Crippen MR) is 93.6 cm³/mol. The third-order valence-electron chi connectivity index (χ3n) is 3.26. The molecule has 1 amide bonds. The topological polar surface area (TPSA) is 66.5 Å². The van der Waals surface area contributed by atoms with Gasteiger partial charge in [-0.2, -0.15) is 0 Å². The maximum atomic E-state index is 11.8. The Morgan fingerprint density at radius 1 is 1.36 bits per heavy atom. The van der Waals surface area contributed by atoms with Gasteiger partial charge in [-0.1, -0.05) is 29.3 Å². The van der Waals surface area contributed by atoms with Crippen LogP contribution >= 0.6 is 15.9 Å². The Morgan fingerprint density at radius 3 is 2.59 bits per heavy atom. The molecule has 0 aliphatic rings. The minimum Gasteiger partial charge on any atom is -0.311 e. The third-order valence-corrected chi connectivity index (χ3v) is 5.62. The third kappa shape index (κ3) is 6.06. The smallest absolute Gasteiger partial charge is 0.223 e. The van der Waals surface area contributed by atoms with Crippen molar-refractivity contribution >= 4 is 37.5 Å². The molecule has 1 aromatic rings. The Bertz CT molecular complexity index is 617. The summed E-state index contributed by atoms with van der Waals surface area (Å²) < 4.78 is 27.0.